The Morgan fingerprint density at radius 1 is 1.53 bits per heavy atom. The van der Waals surface area contributed by atoms with Gasteiger partial charge in [0.05, 0.1) is 6.61 Å². The molecule has 0 fully saturated rings. The first-order valence-corrected chi connectivity index (χ1v) is 6.59. The summed E-state index contributed by atoms with van der Waals surface area (Å²) in [5.41, 5.74) is 0.467. The third-order valence-corrected chi connectivity index (χ3v) is 2.97. The van der Waals surface area contributed by atoms with Crippen molar-refractivity contribution >= 4 is 13.5 Å². The Morgan fingerprint density at radius 2 is 2.13 bits per heavy atom. The third kappa shape index (κ3) is 7.31. The fraction of sp³-hybridized carbons (Fsp3) is 0.667. The molecule has 0 saturated heterocycles. The second-order valence-corrected chi connectivity index (χ2v) is 5.34. The summed E-state index contributed by atoms with van der Waals surface area (Å²) in [5, 5.41) is 2.64. The number of hydrogen-bond acceptors (Lipinski definition) is 4. The van der Waals surface area contributed by atoms with Crippen molar-refractivity contribution in [3.63, 3.8) is 0 Å². The number of amides is 1. The third-order valence-electron chi connectivity index (χ3n) is 1.65. The predicted molar refractivity (Wildman–Crippen MR) is 58.9 cm³/mol. The van der Waals surface area contributed by atoms with Gasteiger partial charge in [-0.25, -0.2) is 0 Å². The number of carbonyl (C=O) groups excluding carboxylic acids is 1. The molecule has 0 aromatic rings. The maximum atomic E-state index is 11.2. The molecule has 0 bridgehead atoms. The Labute approximate surface area is 90.4 Å². The van der Waals surface area contributed by atoms with Crippen LogP contribution in [0.1, 0.15) is 13.3 Å². The summed E-state index contributed by atoms with van der Waals surface area (Å²) >= 11 is 0. The van der Waals surface area contributed by atoms with Crippen molar-refractivity contribution in [1.29, 1.82) is 0 Å². The molecule has 1 amide bonds. The van der Waals surface area contributed by atoms with E-state index in [1.807, 2.05) is 0 Å². The lowest BCUT2D eigenvalue weighted by Gasteiger charge is -2.11. The van der Waals surface area contributed by atoms with Gasteiger partial charge in [-0.1, -0.05) is 6.58 Å². The Kier molecular flexibility index (Phi) is 6.48. The van der Waals surface area contributed by atoms with Crippen LogP contribution in [0.15, 0.2) is 12.2 Å². The lowest BCUT2D eigenvalue weighted by atomic mass is 10.3. The molecule has 0 aliphatic rings. The van der Waals surface area contributed by atoms with E-state index in [1.165, 1.54) is 13.8 Å². The lowest BCUT2D eigenvalue weighted by molar-refractivity contribution is -0.117. The molecule has 15 heavy (non-hydrogen) atoms. The van der Waals surface area contributed by atoms with Crippen molar-refractivity contribution in [2.75, 3.05) is 26.9 Å². The maximum Gasteiger partial charge on any atom is 0.327 e. The highest BCUT2D eigenvalue weighted by Crippen LogP contribution is 2.42. The molecule has 88 valence electrons. The maximum absolute atomic E-state index is 11.2. The van der Waals surface area contributed by atoms with Crippen molar-refractivity contribution in [3.8, 4) is 0 Å². The van der Waals surface area contributed by atoms with E-state index in [2.05, 4.69) is 16.4 Å². The van der Waals surface area contributed by atoms with Gasteiger partial charge < -0.3 is 14.4 Å². The highest BCUT2D eigenvalue weighted by Gasteiger charge is 2.13. The van der Waals surface area contributed by atoms with Gasteiger partial charge in [-0.05, 0) is 13.3 Å². The minimum atomic E-state index is -2.89. The highest BCUT2D eigenvalue weighted by atomic mass is 31.2. The van der Waals surface area contributed by atoms with Crippen molar-refractivity contribution in [2.24, 2.45) is 0 Å². The van der Waals surface area contributed by atoms with Gasteiger partial charge in [-0.3, -0.25) is 9.36 Å². The average molecular weight is 235 g/mol. The van der Waals surface area contributed by atoms with Crippen LogP contribution in [0.25, 0.3) is 0 Å². The van der Waals surface area contributed by atoms with Crippen LogP contribution >= 0.6 is 7.60 Å². The number of hydrogen-bond donors (Lipinski definition) is 1. The molecule has 0 aromatic heterocycles. The van der Waals surface area contributed by atoms with Gasteiger partial charge >= 0.3 is 7.60 Å². The molecule has 0 radical (unpaired) electrons. The quantitative estimate of drug-likeness (QED) is 0.413. The summed E-state index contributed by atoms with van der Waals surface area (Å²) in [6.07, 6.45) is 0.584. The molecule has 0 spiro atoms. The zero-order valence-corrected chi connectivity index (χ0v) is 10.3. The van der Waals surface area contributed by atoms with Crippen LogP contribution in [0.2, 0.25) is 0 Å². The van der Waals surface area contributed by atoms with Crippen molar-refractivity contribution in [2.45, 2.75) is 13.3 Å². The first-order chi connectivity index (χ1) is 6.89. The Morgan fingerprint density at radius 3 is 2.60 bits per heavy atom. The van der Waals surface area contributed by atoms with Crippen LogP contribution in [-0.2, 0) is 18.4 Å². The van der Waals surface area contributed by atoms with Crippen LogP contribution < -0.4 is 5.32 Å². The van der Waals surface area contributed by atoms with Crippen LogP contribution in [0.5, 0.6) is 0 Å². The zero-order valence-electron chi connectivity index (χ0n) is 9.41. The molecule has 0 saturated carbocycles. The lowest BCUT2D eigenvalue weighted by Crippen LogP contribution is -2.25. The first-order valence-electron chi connectivity index (χ1n) is 4.60. The Bertz CT molecular complexity index is 277. The fourth-order valence-corrected chi connectivity index (χ4v) is 1.27. The van der Waals surface area contributed by atoms with Gasteiger partial charge in [0, 0.05) is 25.9 Å². The van der Waals surface area contributed by atoms with Gasteiger partial charge in [0.1, 0.15) is 0 Å². The van der Waals surface area contributed by atoms with E-state index in [0.29, 0.717) is 18.5 Å². The summed E-state index contributed by atoms with van der Waals surface area (Å²) in [4.78, 5) is 11.0. The van der Waals surface area contributed by atoms with Gasteiger partial charge in [0.2, 0.25) is 5.91 Å². The zero-order chi connectivity index (χ0) is 11.9. The Balaban J connectivity index is 3.53. The van der Waals surface area contributed by atoms with Crippen LogP contribution in [0, 0.1) is 0 Å². The highest BCUT2D eigenvalue weighted by molar-refractivity contribution is 7.52. The average Bonchev–Trinajstić information content (AvgIpc) is 2.16. The van der Waals surface area contributed by atoms with Gasteiger partial charge in [-0.2, -0.15) is 0 Å². The smallest absolute Gasteiger partial charge is 0.327 e. The van der Waals surface area contributed by atoms with Crippen molar-refractivity contribution < 1.29 is 18.4 Å². The molecular formula is C9H18NO4P. The molecule has 6 heteroatoms. The molecule has 0 aliphatic carbocycles. The monoisotopic (exact) mass is 235 g/mol. The molecule has 1 N–H and O–H groups in total. The molecule has 0 aromatic carbocycles. The number of carbonyl (C=O) groups is 1. The normalized spacial score (nSPS) is 14.3. The van der Waals surface area contributed by atoms with E-state index in [0.717, 1.165) is 0 Å². The Hall–Kier alpha value is -0.640. The summed E-state index contributed by atoms with van der Waals surface area (Å²) in [6, 6.07) is 0. The molecular weight excluding hydrogens is 217 g/mol. The first kappa shape index (κ1) is 14.4. The number of rotatable bonds is 7. The van der Waals surface area contributed by atoms with Crippen molar-refractivity contribution in [1.82, 2.24) is 5.32 Å². The summed E-state index contributed by atoms with van der Waals surface area (Å²) < 4.78 is 20.9. The summed E-state index contributed by atoms with van der Waals surface area (Å²) in [6.45, 7) is 7.29. The molecule has 1 unspecified atom stereocenters. The van der Waals surface area contributed by atoms with Gasteiger partial charge in [-0.15, -0.1) is 0 Å². The van der Waals surface area contributed by atoms with E-state index in [4.69, 9.17) is 4.52 Å². The molecule has 1 atom stereocenters. The SMILES string of the molecule is C=C(C)C(=O)NCCCOP(C)(=O)OC. The van der Waals surface area contributed by atoms with Crippen LogP contribution in [0.3, 0.4) is 0 Å². The predicted octanol–water partition coefficient (Wildman–Crippen LogP) is 1.55. The molecule has 0 rings (SSSR count). The minimum Gasteiger partial charge on any atom is -0.352 e. The van der Waals surface area contributed by atoms with Crippen LogP contribution in [0.4, 0.5) is 0 Å². The second-order valence-electron chi connectivity index (χ2n) is 3.18. The number of nitrogens with one attached hydrogen (secondary N) is 1. The van der Waals surface area contributed by atoms with E-state index < -0.39 is 7.60 Å². The molecule has 0 aliphatic heterocycles. The topological polar surface area (TPSA) is 64.6 Å². The summed E-state index contributed by atoms with van der Waals surface area (Å²) in [5.74, 6) is -0.179. The van der Waals surface area contributed by atoms with Crippen LogP contribution in [-0.4, -0.2) is 32.8 Å². The van der Waals surface area contributed by atoms with E-state index in [-0.39, 0.29) is 12.5 Å². The van der Waals surface area contributed by atoms with Crippen molar-refractivity contribution in [3.05, 3.63) is 12.2 Å². The standard InChI is InChI=1S/C9H18NO4P/c1-8(2)9(11)10-6-5-7-14-15(4,12)13-3/h1,5-7H2,2-4H3,(H,10,11). The van der Waals surface area contributed by atoms with E-state index in [9.17, 15) is 9.36 Å². The van der Waals surface area contributed by atoms with Gasteiger partial charge in [0.15, 0.2) is 0 Å². The van der Waals surface area contributed by atoms with E-state index >= 15 is 0 Å². The second kappa shape index (κ2) is 6.77. The molecule has 5 nitrogen and oxygen atoms in total. The largest absolute Gasteiger partial charge is 0.352 e. The molecule has 0 heterocycles. The minimum absolute atomic E-state index is 0.179. The van der Waals surface area contributed by atoms with Gasteiger partial charge in [0.25, 0.3) is 0 Å². The fourth-order valence-electron chi connectivity index (χ4n) is 0.708. The van der Waals surface area contributed by atoms with E-state index in [1.54, 1.807) is 6.92 Å². The summed E-state index contributed by atoms with van der Waals surface area (Å²) in [7, 11) is -1.55.